The molecule has 3 atom stereocenters. The molecule has 11 heteroatoms. The lowest BCUT2D eigenvalue weighted by Gasteiger charge is -2.26. The van der Waals surface area contributed by atoms with Gasteiger partial charge in [-0.25, -0.2) is 9.59 Å². The highest BCUT2D eigenvalue weighted by Gasteiger charge is 2.28. The number of allylic oxidation sites excluding steroid dienone is 1. The first-order valence-electron chi connectivity index (χ1n) is 16.5. The molecule has 3 aromatic carbocycles. The zero-order valence-corrected chi connectivity index (χ0v) is 28.3. The molecule has 11 nitrogen and oxygen atoms in total. The fourth-order valence-corrected chi connectivity index (χ4v) is 4.96. The monoisotopic (exact) mass is 685 g/mol. The SMILES string of the molecule is C=CC[C@@H](CC(=O)N(CCO)Cc1ccccc1)C(=O)N[C@@H](COCc1ccccc1)COC(=O)[C@@H](CC=C)NC(=O)OCc1ccccc1. The van der Waals surface area contributed by atoms with E-state index in [1.807, 2.05) is 91.0 Å². The minimum Gasteiger partial charge on any atom is -0.462 e. The van der Waals surface area contributed by atoms with Crippen molar-refractivity contribution in [1.82, 2.24) is 15.5 Å². The van der Waals surface area contributed by atoms with Crippen LogP contribution < -0.4 is 10.6 Å². The van der Waals surface area contributed by atoms with Crippen molar-refractivity contribution in [2.45, 2.75) is 51.1 Å². The van der Waals surface area contributed by atoms with Crippen molar-refractivity contribution in [1.29, 1.82) is 0 Å². The quantitative estimate of drug-likeness (QED) is 0.102. The molecule has 0 fully saturated rings. The van der Waals surface area contributed by atoms with E-state index < -0.39 is 36.0 Å². The first-order chi connectivity index (χ1) is 24.3. The van der Waals surface area contributed by atoms with Gasteiger partial charge in [-0.05, 0) is 29.5 Å². The van der Waals surface area contributed by atoms with Crippen LogP contribution in [-0.4, -0.2) is 72.3 Å². The summed E-state index contributed by atoms with van der Waals surface area (Å²) in [6.45, 7) is 7.59. The number of aliphatic hydroxyl groups is 1. The summed E-state index contributed by atoms with van der Waals surface area (Å²) in [5.41, 5.74) is 2.59. The van der Waals surface area contributed by atoms with Crippen LogP contribution in [0.15, 0.2) is 116 Å². The van der Waals surface area contributed by atoms with Crippen molar-refractivity contribution < 1.29 is 38.5 Å². The molecule has 0 aromatic heterocycles. The highest BCUT2D eigenvalue weighted by Crippen LogP contribution is 2.15. The lowest BCUT2D eigenvalue weighted by atomic mass is 9.98. The second-order valence-corrected chi connectivity index (χ2v) is 11.6. The van der Waals surface area contributed by atoms with Crippen molar-refractivity contribution in [2.24, 2.45) is 5.92 Å². The Morgan fingerprint density at radius 1 is 0.740 bits per heavy atom. The van der Waals surface area contributed by atoms with E-state index in [0.717, 1.165) is 16.7 Å². The average Bonchev–Trinajstić information content (AvgIpc) is 3.13. The topological polar surface area (TPSA) is 144 Å². The van der Waals surface area contributed by atoms with E-state index in [9.17, 15) is 24.3 Å². The summed E-state index contributed by atoms with van der Waals surface area (Å²) in [6, 6.07) is 26.1. The highest BCUT2D eigenvalue weighted by molar-refractivity contribution is 5.86. The minimum absolute atomic E-state index is 0.00795. The molecule has 50 heavy (non-hydrogen) atoms. The zero-order chi connectivity index (χ0) is 36.0. The Hall–Kier alpha value is -5.26. The number of carbonyl (C=O) groups excluding carboxylic acids is 4. The number of aliphatic hydroxyl groups excluding tert-OH is 1. The standard InChI is InChI=1S/C39H47N3O8/c1-3-14-33(24-36(44)42(22-23-43)25-30-16-8-5-9-17-30)37(45)40-34(28-48-26-31-18-10-6-11-19-31)29-49-38(46)35(15-4-2)41-39(47)50-27-32-20-12-7-13-21-32/h3-13,16-21,33-35,43H,1-2,14-15,22-29H2,(H,40,45)(H,41,47)/t33-,34-,35+/m0/s1. The van der Waals surface area contributed by atoms with Crippen molar-refractivity contribution in [3.8, 4) is 0 Å². The van der Waals surface area contributed by atoms with Gasteiger partial charge in [0.05, 0.1) is 31.8 Å². The molecule has 0 heterocycles. The first-order valence-corrected chi connectivity index (χ1v) is 16.5. The molecular formula is C39H47N3O8. The Labute approximate surface area is 293 Å². The van der Waals surface area contributed by atoms with Crippen LogP contribution in [0.2, 0.25) is 0 Å². The van der Waals surface area contributed by atoms with E-state index in [4.69, 9.17) is 14.2 Å². The van der Waals surface area contributed by atoms with Gasteiger partial charge in [0, 0.05) is 19.5 Å². The molecule has 0 aliphatic rings. The molecule has 266 valence electrons. The van der Waals surface area contributed by atoms with Gasteiger partial charge in [-0.2, -0.15) is 0 Å². The number of alkyl carbamates (subject to hydrolysis) is 1. The van der Waals surface area contributed by atoms with Gasteiger partial charge in [-0.3, -0.25) is 9.59 Å². The van der Waals surface area contributed by atoms with Crippen LogP contribution in [0.3, 0.4) is 0 Å². The van der Waals surface area contributed by atoms with E-state index in [-0.39, 0.29) is 71.3 Å². The van der Waals surface area contributed by atoms with Crippen LogP contribution >= 0.6 is 0 Å². The normalized spacial score (nSPS) is 12.4. The van der Waals surface area contributed by atoms with E-state index in [2.05, 4.69) is 23.8 Å². The Bertz CT molecular complexity index is 1490. The Balaban J connectivity index is 1.65. The summed E-state index contributed by atoms with van der Waals surface area (Å²) < 4.78 is 16.7. The molecule has 0 radical (unpaired) electrons. The molecule has 0 saturated heterocycles. The largest absolute Gasteiger partial charge is 0.462 e. The summed E-state index contributed by atoms with van der Waals surface area (Å²) in [6.07, 6.45) is 2.41. The fourth-order valence-electron chi connectivity index (χ4n) is 4.96. The molecule has 0 bridgehead atoms. The molecule has 0 aliphatic heterocycles. The maximum atomic E-state index is 13.6. The predicted octanol–water partition coefficient (Wildman–Crippen LogP) is 4.71. The van der Waals surface area contributed by atoms with Crippen molar-refractivity contribution >= 4 is 23.9 Å². The molecule has 3 amide bonds. The van der Waals surface area contributed by atoms with Crippen LogP contribution in [0.1, 0.15) is 36.0 Å². The highest BCUT2D eigenvalue weighted by atomic mass is 16.6. The summed E-state index contributed by atoms with van der Waals surface area (Å²) in [7, 11) is 0. The molecule has 0 spiro atoms. The van der Waals surface area contributed by atoms with Gasteiger partial charge in [0.15, 0.2) is 0 Å². The number of esters is 1. The van der Waals surface area contributed by atoms with E-state index >= 15 is 0 Å². The van der Waals surface area contributed by atoms with Crippen molar-refractivity contribution in [3.05, 3.63) is 133 Å². The third kappa shape index (κ3) is 14.5. The summed E-state index contributed by atoms with van der Waals surface area (Å²) >= 11 is 0. The number of hydrogen-bond acceptors (Lipinski definition) is 8. The van der Waals surface area contributed by atoms with E-state index in [1.54, 1.807) is 6.08 Å². The van der Waals surface area contributed by atoms with E-state index in [0.29, 0.717) is 0 Å². The van der Waals surface area contributed by atoms with E-state index in [1.165, 1.54) is 11.0 Å². The molecule has 3 rings (SSSR count). The van der Waals surface area contributed by atoms with Crippen molar-refractivity contribution in [2.75, 3.05) is 26.4 Å². The first kappa shape index (κ1) is 39.2. The predicted molar refractivity (Wildman–Crippen MR) is 189 cm³/mol. The zero-order valence-electron chi connectivity index (χ0n) is 28.3. The number of ether oxygens (including phenoxy) is 3. The number of nitrogens with zero attached hydrogens (tertiary/aromatic N) is 1. The third-order valence-electron chi connectivity index (χ3n) is 7.58. The second-order valence-electron chi connectivity index (χ2n) is 11.6. The average molecular weight is 686 g/mol. The molecule has 0 unspecified atom stereocenters. The number of benzene rings is 3. The Kier molecular flexibility index (Phi) is 17.5. The van der Waals surface area contributed by atoms with Crippen molar-refractivity contribution in [3.63, 3.8) is 0 Å². The van der Waals surface area contributed by atoms with Gasteiger partial charge in [-0.1, -0.05) is 103 Å². The van der Waals surface area contributed by atoms with Gasteiger partial charge in [-0.15, -0.1) is 13.2 Å². The molecule has 0 saturated carbocycles. The lowest BCUT2D eigenvalue weighted by molar-refractivity contribution is -0.148. The second kappa shape index (κ2) is 22.4. The van der Waals surface area contributed by atoms with Crippen LogP contribution in [0.5, 0.6) is 0 Å². The number of hydrogen-bond donors (Lipinski definition) is 3. The summed E-state index contributed by atoms with van der Waals surface area (Å²) in [5.74, 6) is -2.27. The van der Waals surface area contributed by atoms with Gasteiger partial charge in [0.25, 0.3) is 0 Å². The number of nitrogens with one attached hydrogen (secondary N) is 2. The number of carbonyl (C=O) groups is 4. The van der Waals surface area contributed by atoms with Crippen LogP contribution in [-0.2, 0) is 48.4 Å². The Morgan fingerprint density at radius 3 is 1.90 bits per heavy atom. The minimum atomic E-state index is -1.08. The maximum absolute atomic E-state index is 13.6. The molecular weight excluding hydrogens is 638 g/mol. The number of rotatable bonds is 22. The van der Waals surface area contributed by atoms with Crippen LogP contribution in [0, 0.1) is 5.92 Å². The molecule has 0 aliphatic carbocycles. The van der Waals surface area contributed by atoms with Gasteiger partial charge < -0.3 is 34.9 Å². The Morgan fingerprint density at radius 2 is 1.32 bits per heavy atom. The molecule has 3 N–H and O–H groups in total. The number of amides is 3. The van der Waals surface area contributed by atoms with Gasteiger partial charge in [0.2, 0.25) is 11.8 Å². The lowest BCUT2D eigenvalue weighted by Crippen LogP contribution is -2.47. The fraction of sp³-hybridized carbons (Fsp3) is 0.333. The van der Waals surface area contributed by atoms with Gasteiger partial charge >= 0.3 is 12.1 Å². The van der Waals surface area contributed by atoms with Gasteiger partial charge in [0.1, 0.15) is 19.3 Å². The van der Waals surface area contributed by atoms with Crippen LogP contribution in [0.25, 0.3) is 0 Å². The third-order valence-corrected chi connectivity index (χ3v) is 7.58. The van der Waals surface area contributed by atoms with Crippen LogP contribution in [0.4, 0.5) is 4.79 Å². The molecule has 3 aromatic rings. The maximum Gasteiger partial charge on any atom is 0.408 e. The summed E-state index contributed by atoms with van der Waals surface area (Å²) in [5, 5.41) is 15.0. The summed E-state index contributed by atoms with van der Waals surface area (Å²) in [4.78, 5) is 54.1. The smallest absolute Gasteiger partial charge is 0.408 e.